The van der Waals surface area contributed by atoms with Gasteiger partial charge >= 0.3 is 0 Å². The molecule has 5 heteroatoms. The van der Waals surface area contributed by atoms with Crippen LogP contribution in [0.3, 0.4) is 0 Å². The van der Waals surface area contributed by atoms with Crippen molar-refractivity contribution in [1.82, 2.24) is 4.98 Å². The quantitative estimate of drug-likeness (QED) is 0.878. The number of hydrogen-bond donors (Lipinski definition) is 1. The maximum Gasteiger partial charge on any atom is 0.263 e. The van der Waals surface area contributed by atoms with Crippen LogP contribution in [0.1, 0.15) is 11.1 Å². The molecule has 0 spiro atoms. The summed E-state index contributed by atoms with van der Waals surface area (Å²) in [5.41, 5.74) is 2.00. The van der Waals surface area contributed by atoms with Crippen molar-refractivity contribution in [2.24, 2.45) is 0 Å². The van der Waals surface area contributed by atoms with Gasteiger partial charge in [0.15, 0.2) is 6.61 Å². The number of carbonyl (C=O) groups is 1. The van der Waals surface area contributed by atoms with E-state index >= 15 is 0 Å². The molecular formula is C15H15ClN2O2. The Morgan fingerprint density at radius 2 is 1.85 bits per heavy atom. The van der Waals surface area contributed by atoms with Crippen molar-refractivity contribution in [1.29, 1.82) is 0 Å². The molecule has 2 aromatic rings. The summed E-state index contributed by atoms with van der Waals surface area (Å²) in [6.07, 6.45) is 0. The number of aryl methyl sites for hydroxylation is 2. The van der Waals surface area contributed by atoms with E-state index in [4.69, 9.17) is 16.3 Å². The molecule has 20 heavy (non-hydrogen) atoms. The Balaban J connectivity index is 1.96. The molecular weight excluding hydrogens is 276 g/mol. The highest BCUT2D eigenvalue weighted by Crippen LogP contribution is 2.22. The lowest BCUT2D eigenvalue weighted by Gasteiger charge is -2.11. The number of pyridine rings is 1. The minimum Gasteiger partial charge on any atom is -0.483 e. The molecule has 1 N–H and O–H groups in total. The molecule has 0 fully saturated rings. The number of rotatable bonds is 4. The van der Waals surface area contributed by atoms with Crippen LogP contribution < -0.4 is 10.1 Å². The Morgan fingerprint density at radius 3 is 2.50 bits per heavy atom. The monoisotopic (exact) mass is 290 g/mol. The van der Waals surface area contributed by atoms with Crippen molar-refractivity contribution in [2.75, 3.05) is 11.9 Å². The molecule has 2 rings (SSSR count). The maximum absolute atomic E-state index is 11.8. The van der Waals surface area contributed by atoms with Gasteiger partial charge < -0.3 is 10.1 Å². The summed E-state index contributed by atoms with van der Waals surface area (Å²) in [6.45, 7) is 3.82. The number of amides is 1. The molecule has 0 aliphatic rings. The first-order valence-electron chi connectivity index (χ1n) is 6.17. The zero-order valence-electron chi connectivity index (χ0n) is 11.3. The third-order valence-electron chi connectivity index (χ3n) is 2.74. The fourth-order valence-corrected chi connectivity index (χ4v) is 1.99. The van der Waals surface area contributed by atoms with Gasteiger partial charge in [-0.05, 0) is 37.1 Å². The number of anilines is 1. The van der Waals surface area contributed by atoms with Crippen LogP contribution in [0.2, 0.25) is 5.15 Å². The van der Waals surface area contributed by atoms with E-state index < -0.39 is 0 Å². The van der Waals surface area contributed by atoms with Gasteiger partial charge in [0.2, 0.25) is 0 Å². The topological polar surface area (TPSA) is 51.2 Å². The summed E-state index contributed by atoms with van der Waals surface area (Å²) in [5.74, 6) is 0.872. The first-order chi connectivity index (χ1) is 9.56. The SMILES string of the molecule is Cc1cccc(C)c1OCC(=O)Nc1cccc(Cl)n1. The Hall–Kier alpha value is -2.07. The number of nitrogens with zero attached hydrogens (tertiary/aromatic N) is 1. The maximum atomic E-state index is 11.8. The lowest BCUT2D eigenvalue weighted by Crippen LogP contribution is -2.21. The second-order valence-electron chi connectivity index (χ2n) is 4.40. The molecule has 1 aromatic heterocycles. The second kappa shape index (κ2) is 6.39. The molecule has 0 atom stereocenters. The average molecular weight is 291 g/mol. The van der Waals surface area contributed by atoms with Gasteiger partial charge in [-0.1, -0.05) is 35.9 Å². The second-order valence-corrected chi connectivity index (χ2v) is 4.79. The number of ether oxygens (including phenoxy) is 1. The predicted molar refractivity (Wildman–Crippen MR) is 79.3 cm³/mol. The number of benzene rings is 1. The van der Waals surface area contributed by atoms with E-state index in [1.807, 2.05) is 32.0 Å². The zero-order chi connectivity index (χ0) is 14.5. The van der Waals surface area contributed by atoms with Crippen molar-refractivity contribution in [3.8, 4) is 5.75 Å². The van der Waals surface area contributed by atoms with Crippen molar-refractivity contribution in [3.05, 3.63) is 52.7 Å². The Morgan fingerprint density at radius 1 is 1.20 bits per heavy atom. The molecule has 1 amide bonds. The Bertz CT molecular complexity index is 609. The summed E-state index contributed by atoms with van der Waals surface area (Å²) in [4.78, 5) is 15.8. The molecule has 1 aromatic carbocycles. The minimum absolute atomic E-state index is 0.0696. The molecule has 0 radical (unpaired) electrons. The number of nitrogens with one attached hydrogen (secondary N) is 1. The lowest BCUT2D eigenvalue weighted by molar-refractivity contribution is -0.118. The first kappa shape index (κ1) is 14.3. The van der Waals surface area contributed by atoms with Gasteiger partial charge in [0.1, 0.15) is 16.7 Å². The van der Waals surface area contributed by atoms with E-state index in [1.165, 1.54) is 0 Å². The van der Waals surface area contributed by atoms with Crippen molar-refractivity contribution >= 4 is 23.3 Å². The van der Waals surface area contributed by atoms with Gasteiger partial charge in [0.25, 0.3) is 5.91 Å². The van der Waals surface area contributed by atoms with Gasteiger partial charge in [0.05, 0.1) is 0 Å². The molecule has 0 aliphatic carbocycles. The lowest BCUT2D eigenvalue weighted by atomic mass is 10.1. The van der Waals surface area contributed by atoms with E-state index in [-0.39, 0.29) is 12.5 Å². The summed E-state index contributed by atoms with van der Waals surface area (Å²) >= 11 is 5.75. The van der Waals surface area contributed by atoms with Gasteiger partial charge in [-0.2, -0.15) is 0 Å². The van der Waals surface area contributed by atoms with Crippen molar-refractivity contribution in [2.45, 2.75) is 13.8 Å². The smallest absolute Gasteiger partial charge is 0.263 e. The molecule has 0 saturated carbocycles. The van der Waals surface area contributed by atoms with Crippen LogP contribution in [-0.2, 0) is 4.79 Å². The standard InChI is InChI=1S/C15H15ClN2O2/c1-10-5-3-6-11(2)15(10)20-9-14(19)18-13-8-4-7-12(16)17-13/h3-8H,9H2,1-2H3,(H,17,18,19). The van der Waals surface area contributed by atoms with Crippen LogP contribution in [0.25, 0.3) is 0 Å². The summed E-state index contributed by atoms with van der Waals surface area (Å²) in [6, 6.07) is 10.9. The largest absolute Gasteiger partial charge is 0.483 e. The predicted octanol–water partition coefficient (Wildman–Crippen LogP) is 3.37. The van der Waals surface area contributed by atoms with Crippen LogP contribution in [-0.4, -0.2) is 17.5 Å². The number of hydrogen-bond acceptors (Lipinski definition) is 3. The fourth-order valence-electron chi connectivity index (χ4n) is 1.82. The fraction of sp³-hybridized carbons (Fsp3) is 0.200. The molecule has 104 valence electrons. The number of carbonyl (C=O) groups excluding carboxylic acids is 1. The molecule has 0 bridgehead atoms. The highest BCUT2D eigenvalue weighted by molar-refractivity contribution is 6.29. The molecule has 0 aliphatic heterocycles. The van der Waals surface area contributed by atoms with Crippen LogP contribution in [0, 0.1) is 13.8 Å². The number of aromatic nitrogens is 1. The van der Waals surface area contributed by atoms with E-state index in [1.54, 1.807) is 18.2 Å². The van der Waals surface area contributed by atoms with Gasteiger partial charge in [-0.25, -0.2) is 4.98 Å². The third-order valence-corrected chi connectivity index (χ3v) is 2.95. The van der Waals surface area contributed by atoms with E-state index in [0.29, 0.717) is 11.0 Å². The Kier molecular flexibility index (Phi) is 4.58. The molecule has 1 heterocycles. The summed E-state index contributed by atoms with van der Waals surface area (Å²) in [5, 5.41) is 2.96. The van der Waals surface area contributed by atoms with Crippen LogP contribution in [0.5, 0.6) is 5.75 Å². The van der Waals surface area contributed by atoms with E-state index in [2.05, 4.69) is 10.3 Å². The zero-order valence-corrected chi connectivity index (χ0v) is 12.1. The van der Waals surface area contributed by atoms with E-state index in [0.717, 1.165) is 16.9 Å². The van der Waals surface area contributed by atoms with Gasteiger partial charge in [0, 0.05) is 0 Å². The summed E-state index contributed by atoms with van der Waals surface area (Å²) < 4.78 is 5.56. The third kappa shape index (κ3) is 3.71. The van der Waals surface area contributed by atoms with Gasteiger partial charge in [-0.3, -0.25) is 4.79 Å². The van der Waals surface area contributed by atoms with Crippen molar-refractivity contribution in [3.63, 3.8) is 0 Å². The Labute approximate surface area is 122 Å². The first-order valence-corrected chi connectivity index (χ1v) is 6.55. The number of halogens is 1. The highest BCUT2D eigenvalue weighted by Gasteiger charge is 2.08. The van der Waals surface area contributed by atoms with Crippen molar-refractivity contribution < 1.29 is 9.53 Å². The molecule has 0 unspecified atom stereocenters. The molecule has 0 saturated heterocycles. The normalized spacial score (nSPS) is 10.2. The van der Waals surface area contributed by atoms with Crippen LogP contribution in [0.4, 0.5) is 5.82 Å². The molecule has 4 nitrogen and oxygen atoms in total. The highest BCUT2D eigenvalue weighted by atomic mass is 35.5. The summed E-state index contributed by atoms with van der Waals surface area (Å²) in [7, 11) is 0. The van der Waals surface area contributed by atoms with Crippen LogP contribution in [0.15, 0.2) is 36.4 Å². The van der Waals surface area contributed by atoms with Gasteiger partial charge in [-0.15, -0.1) is 0 Å². The van der Waals surface area contributed by atoms with Crippen LogP contribution >= 0.6 is 11.6 Å². The van der Waals surface area contributed by atoms with E-state index in [9.17, 15) is 4.79 Å². The minimum atomic E-state index is -0.276. The average Bonchev–Trinajstić information content (AvgIpc) is 2.38. The number of para-hydroxylation sites is 1.